The smallest absolute Gasteiger partial charge is 0.457 e. The van der Waals surface area contributed by atoms with Crippen molar-refractivity contribution in [2.24, 2.45) is 0 Å². The second-order valence-corrected chi connectivity index (χ2v) is 2.42. The molecular formula is C6H13KN2. The van der Waals surface area contributed by atoms with Crippen molar-refractivity contribution in [1.29, 1.82) is 0 Å². The van der Waals surface area contributed by atoms with Crippen LogP contribution in [0.3, 0.4) is 0 Å². The maximum Gasteiger partial charge on any atom is 1.00 e. The zero-order valence-electron chi connectivity index (χ0n) is 6.43. The van der Waals surface area contributed by atoms with Gasteiger partial charge in [-0.1, -0.05) is 0 Å². The molecule has 1 aliphatic rings. The molecule has 0 unspecified atom stereocenters. The van der Waals surface area contributed by atoms with Crippen LogP contribution in [0.2, 0.25) is 0 Å². The largest absolute Gasteiger partial charge is 1.00 e. The molecule has 0 aromatic rings. The van der Waals surface area contributed by atoms with Crippen LogP contribution in [-0.4, -0.2) is 43.0 Å². The molecule has 1 aliphatic heterocycles. The molecule has 0 N–H and O–H groups in total. The van der Waals surface area contributed by atoms with Gasteiger partial charge in [-0.05, 0) is 20.1 Å². The average molecular weight is 152 g/mol. The molecule has 0 radical (unpaired) electrons. The van der Waals surface area contributed by atoms with Crippen molar-refractivity contribution >= 4 is 0 Å². The Kier molecular flexibility index (Phi) is 6.14. The van der Waals surface area contributed by atoms with Crippen LogP contribution in [0.1, 0.15) is 0 Å². The van der Waals surface area contributed by atoms with E-state index in [0.29, 0.717) is 0 Å². The molecule has 0 aromatic carbocycles. The zero-order valence-corrected chi connectivity index (χ0v) is 9.55. The molecule has 3 heteroatoms. The Morgan fingerprint density at radius 3 is 1.89 bits per heavy atom. The molecule has 1 rings (SSSR count). The van der Waals surface area contributed by atoms with Crippen molar-refractivity contribution in [3.05, 3.63) is 7.05 Å². The summed E-state index contributed by atoms with van der Waals surface area (Å²) in [5.74, 6) is 0. The number of hydrogen-bond acceptors (Lipinski definition) is 2. The van der Waals surface area contributed by atoms with Gasteiger partial charge >= 0.3 is 51.4 Å². The standard InChI is InChI=1S/C6H13N2.K/c1-7-3-5-8(2)6-4-7;/h1,3-6H2,2H3;/q-1;+1. The molecule has 1 fully saturated rings. The summed E-state index contributed by atoms with van der Waals surface area (Å²) in [6.07, 6.45) is 0. The van der Waals surface area contributed by atoms with Crippen molar-refractivity contribution in [2.45, 2.75) is 0 Å². The first kappa shape index (κ1) is 10.6. The van der Waals surface area contributed by atoms with E-state index >= 15 is 0 Å². The van der Waals surface area contributed by atoms with Crippen molar-refractivity contribution in [3.63, 3.8) is 0 Å². The molecule has 0 aliphatic carbocycles. The summed E-state index contributed by atoms with van der Waals surface area (Å²) in [6, 6.07) is 0. The number of piperazine rings is 1. The first-order chi connectivity index (χ1) is 3.79. The Hall–Kier alpha value is 1.56. The number of hydrogen-bond donors (Lipinski definition) is 0. The molecule has 0 saturated carbocycles. The normalized spacial score (nSPS) is 23.3. The Bertz CT molecular complexity index is 59.5. The van der Waals surface area contributed by atoms with Crippen LogP contribution in [0, 0.1) is 7.05 Å². The quantitative estimate of drug-likeness (QED) is 0.270. The van der Waals surface area contributed by atoms with Gasteiger partial charge in [0.05, 0.1) is 0 Å². The van der Waals surface area contributed by atoms with Crippen LogP contribution in [0.15, 0.2) is 0 Å². The van der Waals surface area contributed by atoms with E-state index in [2.05, 4.69) is 23.9 Å². The van der Waals surface area contributed by atoms with Gasteiger partial charge in [0, 0.05) is 13.1 Å². The van der Waals surface area contributed by atoms with Crippen LogP contribution in [0.4, 0.5) is 0 Å². The first-order valence-corrected chi connectivity index (χ1v) is 3.03. The van der Waals surface area contributed by atoms with Gasteiger partial charge in [-0.3, -0.25) is 7.05 Å². The van der Waals surface area contributed by atoms with Gasteiger partial charge in [0.15, 0.2) is 0 Å². The van der Waals surface area contributed by atoms with E-state index in [9.17, 15) is 0 Å². The third kappa shape index (κ3) is 4.09. The predicted molar refractivity (Wildman–Crippen MR) is 34.4 cm³/mol. The molecule has 0 amide bonds. The Labute approximate surface area is 100 Å². The first-order valence-electron chi connectivity index (χ1n) is 3.03. The maximum absolute atomic E-state index is 3.84. The SMILES string of the molecule is [CH2-]N1CCN(C)CC1.[K+]. The summed E-state index contributed by atoms with van der Waals surface area (Å²) in [5.41, 5.74) is 0. The van der Waals surface area contributed by atoms with Crippen LogP contribution in [-0.2, 0) is 0 Å². The summed E-state index contributed by atoms with van der Waals surface area (Å²) in [4.78, 5) is 4.43. The van der Waals surface area contributed by atoms with Gasteiger partial charge in [0.1, 0.15) is 0 Å². The second kappa shape index (κ2) is 5.24. The van der Waals surface area contributed by atoms with E-state index in [4.69, 9.17) is 0 Å². The van der Waals surface area contributed by atoms with Crippen LogP contribution in [0.5, 0.6) is 0 Å². The molecule has 2 nitrogen and oxygen atoms in total. The van der Waals surface area contributed by atoms with Gasteiger partial charge in [0.2, 0.25) is 0 Å². The monoisotopic (exact) mass is 152 g/mol. The van der Waals surface area contributed by atoms with Gasteiger partial charge in [-0.15, -0.1) is 0 Å². The minimum absolute atomic E-state index is 0. The molecule has 0 bridgehead atoms. The number of nitrogens with zero attached hydrogens (tertiary/aromatic N) is 2. The van der Waals surface area contributed by atoms with E-state index in [-0.39, 0.29) is 51.4 Å². The molecule has 9 heavy (non-hydrogen) atoms. The van der Waals surface area contributed by atoms with E-state index in [1.54, 1.807) is 0 Å². The topological polar surface area (TPSA) is 6.48 Å². The zero-order chi connectivity index (χ0) is 5.98. The summed E-state index contributed by atoms with van der Waals surface area (Å²) in [7, 11) is 5.98. The Morgan fingerprint density at radius 2 is 1.56 bits per heavy atom. The van der Waals surface area contributed by atoms with Crippen LogP contribution < -0.4 is 51.4 Å². The summed E-state index contributed by atoms with van der Waals surface area (Å²) >= 11 is 0. The van der Waals surface area contributed by atoms with Crippen LogP contribution >= 0.6 is 0 Å². The number of rotatable bonds is 0. The van der Waals surface area contributed by atoms with Crippen LogP contribution in [0.25, 0.3) is 0 Å². The predicted octanol–water partition coefficient (Wildman–Crippen LogP) is -2.97. The van der Waals surface area contributed by atoms with Crippen molar-refractivity contribution < 1.29 is 51.4 Å². The summed E-state index contributed by atoms with van der Waals surface area (Å²) in [6.45, 7) is 4.58. The van der Waals surface area contributed by atoms with E-state index < -0.39 is 0 Å². The fourth-order valence-electron chi connectivity index (χ4n) is 0.848. The van der Waals surface area contributed by atoms with Gasteiger partial charge in [0.25, 0.3) is 0 Å². The maximum atomic E-state index is 3.84. The third-order valence-electron chi connectivity index (χ3n) is 1.60. The summed E-state index contributed by atoms with van der Waals surface area (Å²) < 4.78 is 0. The fourth-order valence-corrected chi connectivity index (χ4v) is 0.848. The second-order valence-electron chi connectivity index (χ2n) is 2.42. The Balaban J connectivity index is 0.000000640. The van der Waals surface area contributed by atoms with E-state index in [1.807, 2.05) is 0 Å². The van der Waals surface area contributed by atoms with Crippen molar-refractivity contribution in [3.8, 4) is 0 Å². The molecule has 0 spiro atoms. The molecule has 0 atom stereocenters. The molecule has 0 aromatic heterocycles. The Morgan fingerprint density at radius 1 is 1.11 bits per heavy atom. The molecule has 1 saturated heterocycles. The molecule has 1 heterocycles. The van der Waals surface area contributed by atoms with Gasteiger partial charge in [-0.2, -0.15) is 0 Å². The average Bonchev–Trinajstić information content (AvgIpc) is 1.77. The van der Waals surface area contributed by atoms with E-state index in [1.165, 1.54) is 13.1 Å². The molecular weight excluding hydrogens is 139 g/mol. The summed E-state index contributed by atoms with van der Waals surface area (Å²) in [5, 5.41) is 0. The minimum atomic E-state index is 0. The minimum Gasteiger partial charge on any atom is -0.457 e. The van der Waals surface area contributed by atoms with E-state index in [0.717, 1.165) is 13.1 Å². The van der Waals surface area contributed by atoms with Gasteiger partial charge < -0.3 is 9.80 Å². The third-order valence-corrected chi connectivity index (χ3v) is 1.60. The van der Waals surface area contributed by atoms with Gasteiger partial charge in [-0.25, -0.2) is 0 Å². The number of likely N-dealkylation sites (N-methyl/N-ethyl adjacent to an activating group) is 1. The fraction of sp³-hybridized carbons (Fsp3) is 0.833. The molecule has 48 valence electrons. The van der Waals surface area contributed by atoms with Crippen molar-refractivity contribution in [1.82, 2.24) is 9.80 Å². The van der Waals surface area contributed by atoms with Crippen molar-refractivity contribution in [2.75, 3.05) is 33.2 Å².